The second kappa shape index (κ2) is 10.4. The molecule has 0 unspecified atom stereocenters. The molecule has 6 rings (SSSR count). The van der Waals surface area contributed by atoms with Crippen molar-refractivity contribution in [3.63, 3.8) is 0 Å². The third-order valence-corrected chi connectivity index (χ3v) is 8.30. The van der Waals surface area contributed by atoms with E-state index in [2.05, 4.69) is 22.0 Å². The van der Waals surface area contributed by atoms with Crippen LogP contribution in [0.25, 0.3) is 0 Å². The maximum absolute atomic E-state index is 13.8. The number of amides is 3. The van der Waals surface area contributed by atoms with Gasteiger partial charge in [0.05, 0.1) is 29.3 Å². The average Bonchev–Trinajstić information content (AvgIpc) is 3.58. The Hall–Kier alpha value is -4.00. The molecule has 2 aromatic carbocycles. The summed E-state index contributed by atoms with van der Waals surface area (Å²) in [6, 6.07) is 19.3. The Morgan fingerprint density at radius 3 is 2.26 bits per heavy atom. The van der Waals surface area contributed by atoms with Crippen molar-refractivity contribution in [2.75, 3.05) is 31.1 Å². The molecule has 3 aliphatic rings. The molecule has 0 bridgehead atoms. The zero-order chi connectivity index (χ0) is 26.1. The molecule has 2 fully saturated rings. The van der Waals surface area contributed by atoms with Gasteiger partial charge in [0, 0.05) is 38.6 Å². The Balaban J connectivity index is 1.18. The van der Waals surface area contributed by atoms with E-state index in [1.165, 1.54) is 17.7 Å². The minimum atomic E-state index is -0.264. The van der Waals surface area contributed by atoms with Crippen LogP contribution in [0.4, 0.5) is 5.69 Å². The number of rotatable bonds is 6. The largest absolute Gasteiger partial charge is 0.367 e. The fourth-order valence-corrected chi connectivity index (χ4v) is 6.33. The van der Waals surface area contributed by atoms with Crippen LogP contribution >= 0.6 is 0 Å². The number of carbonyl (C=O) groups is 3. The van der Waals surface area contributed by atoms with Crippen LogP contribution in [0, 0.1) is 5.92 Å². The van der Waals surface area contributed by atoms with Gasteiger partial charge in [-0.3, -0.25) is 24.3 Å². The van der Waals surface area contributed by atoms with Gasteiger partial charge in [0.2, 0.25) is 5.91 Å². The van der Waals surface area contributed by atoms with E-state index in [0.717, 1.165) is 29.7 Å². The lowest BCUT2D eigenvalue weighted by Gasteiger charge is -2.39. The molecule has 1 saturated carbocycles. The molecule has 3 heterocycles. The van der Waals surface area contributed by atoms with Gasteiger partial charge < -0.3 is 9.80 Å². The highest BCUT2D eigenvalue weighted by atomic mass is 16.2. The Kier molecular flexibility index (Phi) is 6.66. The molecular formula is C31H32N4O3. The summed E-state index contributed by atoms with van der Waals surface area (Å²) in [4.78, 5) is 49.9. The summed E-state index contributed by atoms with van der Waals surface area (Å²) in [5.41, 5.74) is 3.68. The number of aromatic nitrogens is 1. The van der Waals surface area contributed by atoms with Gasteiger partial charge >= 0.3 is 0 Å². The van der Waals surface area contributed by atoms with E-state index in [1.54, 1.807) is 18.5 Å². The van der Waals surface area contributed by atoms with E-state index in [0.29, 0.717) is 43.2 Å². The molecule has 194 valence electrons. The van der Waals surface area contributed by atoms with E-state index in [9.17, 15) is 14.4 Å². The van der Waals surface area contributed by atoms with Gasteiger partial charge in [0.15, 0.2) is 0 Å². The molecule has 0 N–H and O–H groups in total. The molecule has 1 atom stereocenters. The minimum Gasteiger partial charge on any atom is -0.367 e. The van der Waals surface area contributed by atoms with Crippen LogP contribution < -0.4 is 4.90 Å². The number of piperazine rings is 1. The van der Waals surface area contributed by atoms with Gasteiger partial charge in [0.1, 0.15) is 0 Å². The Morgan fingerprint density at radius 1 is 0.842 bits per heavy atom. The van der Waals surface area contributed by atoms with Crippen molar-refractivity contribution in [1.29, 1.82) is 0 Å². The predicted molar refractivity (Wildman–Crippen MR) is 145 cm³/mol. The predicted octanol–water partition coefficient (Wildman–Crippen LogP) is 4.50. The van der Waals surface area contributed by atoms with Crippen LogP contribution in [-0.4, -0.2) is 58.7 Å². The van der Waals surface area contributed by atoms with Crippen molar-refractivity contribution >= 4 is 23.4 Å². The topological polar surface area (TPSA) is 73.8 Å². The number of hydrogen-bond acceptors (Lipinski definition) is 5. The van der Waals surface area contributed by atoms with Gasteiger partial charge in [-0.05, 0) is 54.2 Å². The van der Waals surface area contributed by atoms with Crippen molar-refractivity contribution < 1.29 is 14.4 Å². The Morgan fingerprint density at radius 2 is 1.55 bits per heavy atom. The quantitative estimate of drug-likeness (QED) is 0.459. The van der Waals surface area contributed by atoms with Crippen LogP contribution in [0.1, 0.15) is 63.4 Å². The van der Waals surface area contributed by atoms with Crippen molar-refractivity contribution in [3.05, 3.63) is 95.3 Å². The molecule has 38 heavy (non-hydrogen) atoms. The van der Waals surface area contributed by atoms with Gasteiger partial charge in [-0.2, -0.15) is 0 Å². The van der Waals surface area contributed by atoms with Crippen molar-refractivity contribution in [2.45, 2.75) is 38.1 Å². The fourth-order valence-electron chi connectivity index (χ4n) is 6.33. The third-order valence-electron chi connectivity index (χ3n) is 8.30. The van der Waals surface area contributed by atoms with Crippen LogP contribution in [0.2, 0.25) is 0 Å². The lowest BCUT2D eigenvalue weighted by atomic mass is 9.83. The first-order valence-corrected chi connectivity index (χ1v) is 13.6. The molecule has 7 heteroatoms. The first-order valence-electron chi connectivity index (χ1n) is 13.6. The van der Waals surface area contributed by atoms with E-state index in [1.807, 2.05) is 47.4 Å². The third kappa shape index (κ3) is 4.46. The lowest BCUT2D eigenvalue weighted by molar-refractivity contribution is -0.134. The van der Waals surface area contributed by atoms with E-state index < -0.39 is 0 Å². The lowest BCUT2D eigenvalue weighted by Crippen LogP contribution is -2.51. The normalized spacial score (nSPS) is 18.7. The molecule has 0 spiro atoms. The number of anilines is 1. The van der Waals surface area contributed by atoms with Crippen LogP contribution in [0.3, 0.4) is 0 Å². The number of fused-ring (bicyclic) bond motifs is 1. The molecule has 0 radical (unpaired) electrons. The zero-order valence-corrected chi connectivity index (χ0v) is 21.5. The van der Waals surface area contributed by atoms with Gasteiger partial charge in [0.25, 0.3) is 11.8 Å². The summed E-state index contributed by atoms with van der Waals surface area (Å²) < 4.78 is 0. The van der Waals surface area contributed by atoms with Crippen LogP contribution in [0.5, 0.6) is 0 Å². The zero-order valence-electron chi connectivity index (χ0n) is 21.5. The summed E-state index contributed by atoms with van der Waals surface area (Å²) >= 11 is 0. The number of nitrogens with zero attached hydrogens (tertiary/aromatic N) is 4. The first kappa shape index (κ1) is 24.3. The summed E-state index contributed by atoms with van der Waals surface area (Å²) in [6.07, 6.45) is 7.92. The molecule has 1 saturated heterocycles. The van der Waals surface area contributed by atoms with Crippen molar-refractivity contribution in [1.82, 2.24) is 14.8 Å². The minimum absolute atomic E-state index is 0.0906. The first-order chi connectivity index (χ1) is 18.6. The van der Waals surface area contributed by atoms with E-state index in [4.69, 9.17) is 0 Å². The van der Waals surface area contributed by atoms with Crippen LogP contribution in [0.15, 0.2) is 73.1 Å². The highest BCUT2D eigenvalue weighted by Gasteiger charge is 2.40. The second-order valence-corrected chi connectivity index (χ2v) is 10.5. The standard InChI is InChI=1S/C31H32N4O3/c36-29-25-11-6-12-26(28(25)31(38)35(29)21-22-13-15-32-16-14-22)33-17-19-34(20-18-33)30(37)27(24-9-4-5-10-24)23-7-2-1-3-8-23/h1-3,6-8,11-16,24,27H,4-5,9-10,17-21H2/t27-/m1/s1. The molecular weight excluding hydrogens is 476 g/mol. The van der Waals surface area contributed by atoms with E-state index in [-0.39, 0.29) is 30.2 Å². The van der Waals surface area contributed by atoms with Gasteiger partial charge in [-0.15, -0.1) is 0 Å². The fraction of sp³-hybridized carbons (Fsp3) is 0.355. The highest BCUT2D eigenvalue weighted by Crippen LogP contribution is 2.39. The second-order valence-electron chi connectivity index (χ2n) is 10.5. The SMILES string of the molecule is O=C([C@H](c1ccccc1)C1CCCC1)N1CCN(c2cccc3c2C(=O)N(Cc2ccncc2)C3=O)CC1. The molecule has 7 nitrogen and oxygen atoms in total. The van der Waals surface area contributed by atoms with Gasteiger partial charge in [-0.1, -0.05) is 49.2 Å². The summed E-state index contributed by atoms with van der Waals surface area (Å²) in [5.74, 6) is -0.000595. The van der Waals surface area contributed by atoms with Gasteiger partial charge in [-0.25, -0.2) is 0 Å². The Bertz CT molecular complexity index is 1330. The smallest absolute Gasteiger partial charge is 0.263 e. The molecule has 2 aliphatic heterocycles. The highest BCUT2D eigenvalue weighted by molar-refractivity contribution is 6.23. The van der Waals surface area contributed by atoms with E-state index >= 15 is 0 Å². The molecule has 1 aliphatic carbocycles. The maximum Gasteiger partial charge on any atom is 0.263 e. The summed E-state index contributed by atoms with van der Waals surface area (Å²) in [5, 5.41) is 0. The summed E-state index contributed by atoms with van der Waals surface area (Å²) in [7, 11) is 0. The number of pyridine rings is 1. The van der Waals surface area contributed by atoms with Crippen LogP contribution in [-0.2, 0) is 11.3 Å². The molecule has 1 aromatic heterocycles. The number of imide groups is 1. The average molecular weight is 509 g/mol. The number of benzene rings is 2. The molecule has 3 amide bonds. The monoisotopic (exact) mass is 508 g/mol. The molecule has 3 aromatic rings. The van der Waals surface area contributed by atoms with Crippen molar-refractivity contribution in [2.24, 2.45) is 5.92 Å². The summed E-state index contributed by atoms with van der Waals surface area (Å²) in [6.45, 7) is 2.67. The Labute approximate surface area is 223 Å². The maximum atomic E-state index is 13.8. The number of carbonyl (C=O) groups excluding carboxylic acids is 3. The van der Waals surface area contributed by atoms with Crippen molar-refractivity contribution in [3.8, 4) is 0 Å². The number of hydrogen-bond donors (Lipinski definition) is 0.